The van der Waals surface area contributed by atoms with Crippen molar-refractivity contribution in [2.45, 2.75) is 132 Å². The van der Waals surface area contributed by atoms with Gasteiger partial charge < -0.3 is 9.16 Å². The standard InChI is InChI=1S/C35H56O4Si/c1-20-19-35-21(2)18-24-27(33(24,8)9)25(30(35)36)29(39-40(11,12)32(5,6)7)23(4)22(3)26(35)28(20)38-31(37)34(10)16-14-13-15-17-34/h19,21-22,24-28H,13-18H2,1-12H3/t21-,22-,24-,25-,26-,27-,28+,35-/m1/s1. The summed E-state index contributed by atoms with van der Waals surface area (Å²) in [7, 11) is -2.20. The highest BCUT2D eigenvalue weighted by atomic mass is 28.4. The molecule has 4 nitrogen and oxygen atoms in total. The number of hydrogen-bond acceptors (Lipinski definition) is 4. The molecule has 5 heteroatoms. The Morgan fingerprint density at radius 2 is 1.60 bits per heavy atom. The van der Waals surface area contributed by atoms with Gasteiger partial charge in [-0.15, -0.1) is 0 Å². The summed E-state index contributed by atoms with van der Waals surface area (Å²) in [6.45, 7) is 27.2. The molecule has 5 aliphatic rings. The number of carbonyl (C=O) groups excluding carboxylic acids is 2. The number of fused-ring (bicyclic) bond motifs is 3. The van der Waals surface area contributed by atoms with E-state index in [4.69, 9.17) is 9.16 Å². The van der Waals surface area contributed by atoms with Gasteiger partial charge in [0.2, 0.25) is 8.32 Å². The molecule has 0 radical (unpaired) electrons. The number of Topliss-reactive ketones (excluding diaryl/α,β-unsaturated/α-hetero) is 1. The Bertz CT molecular complexity index is 1150. The van der Waals surface area contributed by atoms with Gasteiger partial charge in [0, 0.05) is 5.92 Å². The fraction of sp³-hybridized carbons (Fsp3) is 0.829. The normalized spacial score (nSPS) is 40.4. The number of rotatable bonds is 4. The third-order valence-electron chi connectivity index (χ3n) is 13.2. The van der Waals surface area contributed by atoms with Crippen LogP contribution < -0.4 is 0 Å². The fourth-order valence-electron chi connectivity index (χ4n) is 9.17. The second-order valence-electron chi connectivity index (χ2n) is 16.9. The Hall–Kier alpha value is -1.36. The lowest BCUT2D eigenvalue weighted by Crippen LogP contribution is -2.49. The molecule has 224 valence electrons. The van der Waals surface area contributed by atoms with Gasteiger partial charge in [-0.05, 0) is 98.4 Å². The average molecular weight is 569 g/mol. The number of ether oxygens (including phenoxy) is 1. The molecule has 0 N–H and O–H groups in total. The Kier molecular flexibility index (Phi) is 7.01. The first kappa shape index (κ1) is 30.1. The minimum Gasteiger partial charge on any atom is -0.546 e. The number of esters is 1. The molecule has 5 aliphatic carbocycles. The molecule has 1 spiro atoms. The molecule has 5 rings (SSSR count). The zero-order chi connectivity index (χ0) is 29.8. The van der Waals surface area contributed by atoms with Crippen molar-refractivity contribution in [3.8, 4) is 0 Å². The van der Waals surface area contributed by atoms with Crippen LogP contribution in [0.3, 0.4) is 0 Å². The first-order valence-electron chi connectivity index (χ1n) is 16.2. The van der Waals surface area contributed by atoms with E-state index in [1.54, 1.807) is 0 Å². The van der Waals surface area contributed by atoms with Crippen LogP contribution in [0.4, 0.5) is 0 Å². The maximum Gasteiger partial charge on any atom is 0.312 e. The average Bonchev–Trinajstić information content (AvgIpc) is 3.28. The van der Waals surface area contributed by atoms with E-state index in [9.17, 15) is 4.79 Å². The predicted molar refractivity (Wildman–Crippen MR) is 164 cm³/mol. The number of ketones is 1. The third-order valence-corrected chi connectivity index (χ3v) is 17.5. The zero-order valence-electron chi connectivity index (χ0n) is 27.5. The van der Waals surface area contributed by atoms with E-state index in [1.807, 2.05) is 0 Å². The molecule has 0 heterocycles. The first-order chi connectivity index (χ1) is 18.3. The van der Waals surface area contributed by atoms with Gasteiger partial charge in [0.25, 0.3) is 0 Å². The van der Waals surface area contributed by atoms with Gasteiger partial charge in [0.15, 0.2) is 5.78 Å². The molecule has 3 saturated carbocycles. The van der Waals surface area contributed by atoms with Crippen LogP contribution in [0.2, 0.25) is 18.1 Å². The number of carbonyl (C=O) groups is 2. The van der Waals surface area contributed by atoms with Crippen molar-refractivity contribution in [3.63, 3.8) is 0 Å². The highest BCUT2D eigenvalue weighted by Crippen LogP contribution is 2.73. The molecule has 0 saturated heterocycles. The van der Waals surface area contributed by atoms with Crippen molar-refractivity contribution in [2.75, 3.05) is 0 Å². The summed E-state index contributed by atoms with van der Waals surface area (Å²) in [6, 6.07) is 0. The van der Waals surface area contributed by atoms with E-state index in [0.29, 0.717) is 17.6 Å². The smallest absolute Gasteiger partial charge is 0.312 e. The molecule has 0 unspecified atom stereocenters. The lowest BCUT2D eigenvalue weighted by molar-refractivity contribution is -0.167. The van der Waals surface area contributed by atoms with Crippen molar-refractivity contribution < 1.29 is 18.8 Å². The molecule has 2 bridgehead atoms. The van der Waals surface area contributed by atoms with Crippen LogP contribution in [0.5, 0.6) is 0 Å². The zero-order valence-corrected chi connectivity index (χ0v) is 28.5. The third kappa shape index (κ3) is 4.17. The van der Waals surface area contributed by atoms with Crippen LogP contribution >= 0.6 is 0 Å². The van der Waals surface area contributed by atoms with Gasteiger partial charge >= 0.3 is 5.97 Å². The fourth-order valence-corrected chi connectivity index (χ4v) is 10.3. The van der Waals surface area contributed by atoms with Crippen molar-refractivity contribution in [1.82, 2.24) is 0 Å². The first-order valence-corrected chi connectivity index (χ1v) is 19.1. The summed E-state index contributed by atoms with van der Waals surface area (Å²) < 4.78 is 13.8. The molecular formula is C35H56O4Si. The Labute approximate surface area is 245 Å². The molecule has 0 amide bonds. The van der Waals surface area contributed by atoms with Gasteiger partial charge in [0.05, 0.1) is 22.5 Å². The van der Waals surface area contributed by atoms with E-state index in [0.717, 1.165) is 43.4 Å². The van der Waals surface area contributed by atoms with Crippen LogP contribution in [-0.2, 0) is 18.8 Å². The lowest BCUT2D eigenvalue weighted by atomic mass is 9.60. The summed E-state index contributed by atoms with van der Waals surface area (Å²) in [5.41, 5.74) is 1.35. The van der Waals surface area contributed by atoms with E-state index in [1.165, 1.54) is 12.0 Å². The van der Waals surface area contributed by atoms with E-state index < -0.39 is 19.1 Å². The second kappa shape index (κ2) is 9.32. The molecule has 0 aromatic carbocycles. The van der Waals surface area contributed by atoms with Crippen LogP contribution in [-0.4, -0.2) is 26.2 Å². The van der Waals surface area contributed by atoms with Gasteiger partial charge in [-0.25, -0.2) is 0 Å². The largest absolute Gasteiger partial charge is 0.546 e. The van der Waals surface area contributed by atoms with Gasteiger partial charge in [-0.1, -0.05) is 73.8 Å². The molecule has 3 fully saturated rings. The summed E-state index contributed by atoms with van der Waals surface area (Å²) >= 11 is 0. The van der Waals surface area contributed by atoms with Gasteiger partial charge in [-0.2, -0.15) is 0 Å². The summed E-state index contributed by atoms with van der Waals surface area (Å²) in [5, 5.41) is 0.0346. The van der Waals surface area contributed by atoms with Crippen LogP contribution in [0.15, 0.2) is 23.0 Å². The molecule has 0 aliphatic heterocycles. The minimum absolute atomic E-state index is 0.0346. The Morgan fingerprint density at radius 1 is 1.00 bits per heavy atom. The van der Waals surface area contributed by atoms with Crippen LogP contribution in [0.25, 0.3) is 0 Å². The number of hydrogen-bond donors (Lipinski definition) is 0. The van der Waals surface area contributed by atoms with Crippen molar-refractivity contribution in [2.24, 2.45) is 51.8 Å². The molecule has 0 aromatic rings. The topological polar surface area (TPSA) is 52.6 Å². The van der Waals surface area contributed by atoms with Gasteiger partial charge in [-0.3, -0.25) is 9.59 Å². The lowest BCUT2D eigenvalue weighted by Gasteiger charge is -2.43. The highest BCUT2D eigenvalue weighted by molar-refractivity contribution is 6.74. The van der Waals surface area contributed by atoms with E-state index in [-0.39, 0.29) is 46.2 Å². The summed E-state index contributed by atoms with van der Waals surface area (Å²) in [4.78, 5) is 29.1. The predicted octanol–water partition coefficient (Wildman–Crippen LogP) is 8.87. The molecule has 8 atom stereocenters. The maximum absolute atomic E-state index is 15.3. The van der Waals surface area contributed by atoms with Crippen molar-refractivity contribution in [3.05, 3.63) is 23.0 Å². The highest BCUT2D eigenvalue weighted by Gasteiger charge is 2.72. The quantitative estimate of drug-likeness (QED) is 0.193. The summed E-state index contributed by atoms with van der Waals surface area (Å²) in [5.74, 6) is 2.01. The van der Waals surface area contributed by atoms with Crippen LogP contribution in [0, 0.1) is 51.8 Å². The number of allylic oxidation sites excluding steroid dienone is 3. The van der Waals surface area contributed by atoms with E-state index in [2.05, 4.69) is 88.4 Å². The monoisotopic (exact) mass is 568 g/mol. The minimum atomic E-state index is -2.20. The van der Waals surface area contributed by atoms with Crippen LogP contribution in [0.1, 0.15) is 108 Å². The Balaban J connectivity index is 1.63. The maximum atomic E-state index is 15.3. The SMILES string of the molecule is CC1=C[C@]23C(=O)[C@@H](C(O[Si](C)(C)C(C)(C)C)=C(C)[C@@H](C)[C@@H]2[C@H]1OC(=O)C1(C)CCCCC1)[C@H]1[C@@H](C[C@H]3C)C1(C)C. The van der Waals surface area contributed by atoms with E-state index >= 15 is 4.79 Å². The Morgan fingerprint density at radius 3 is 2.17 bits per heavy atom. The second-order valence-corrected chi connectivity index (χ2v) is 21.6. The molecular weight excluding hydrogens is 512 g/mol. The van der Waals surface area contributed by atoms with Crippen molar-refractivity contribution >= 4 is 20.1 Å². The van der Waals surface area contributed by atoms with Crippen molar-refractivity contribution in [1.29, 1.82) is 0 Å². The van der Waals surface area contributed by atoms with Gasteiger partial charge in [0.1, 0.15) is 6.10 Å². The molecule has 0 aromatic heterocycles. The summed E-state index contributed by atoms with van der Waals surface area (Å²) in [6.07, 6.45) is 8.10. The molecule has 40 heavy (non-hydrogen) atoms.